The minimum atomic E-state index is -0.126. The first-order valence-electron chi connectivity index (χ1n) is 7.75. The molecule has 2 rings (SSSR count). The molecule has 0 unspecified atom stereocenters. The van der Waals surface area contributed by atoms with Crippen LogP contribution in [0.5, 0.6) is 0 Å². The van der Waals surface area contributed by atoms with Gasteiger partial charge in [0.2, 0.25) is 0 Å². The van der Waals surface area contributed by atoms with E-state index in [9.17, 15) is 9.59 Å². The van der Waals surface area contributed by atoms with Gasteiger partial charge in [-0.3, -0.25) is 9.59 Å². The number of amides is 2. The Morgan fingerprint density at radius 1 is 1.14 bits per heavy atom. The second-order valence-electron chi connectivity index (χ2n) is 6.14. The fourth-order valence-corrected chi connectivity index (χ4v) is 2.54. The van der Waals surface area contributed by atoms with Crippen molar-refractivity contribution in [3.8, 4) is 0 Å². The number of carbonyl (C=O) groups is 2. The smallest absolute Gasteiger partial charge is 0.251 e. The van der Waals surface area contributed by atoms with Crippen molar-refractivity contribution in [2.24, 2.45) is 5.92 Å². The van der Waals surface area contributed by atoms with Crippen molar-refractivity contribution in [2.75, 3.05) is 6.54 Å². The molecule has 2 N–H and O–H groups in total. The number of carbonyl (C=O) groups excluding carboxylic acids is 2. The molecular weight excluding hydrogens is 264 g/mol. The maximum Gasteiger partial charge on any atom is 0.251 e. The molecule has 4 heteroatoms. The largest absolute Gasteiger partial charge is 0.352 e. The number of benzene rings is 1. The molecule has 1 aliphatic rings. The molecule has 0 saturated heterocycles. The van der Waals surface area contributed by atoms with Crippen LogP contribution in [0, 0.1) is 5.92 Å². The summed E-state index contributed by atoms with van der Waals surface area (Å²) in [6.07, 6.45) is 4.48. The zero-order chi connectivity index (χ0) is 15.2. The molecule has 0 spiro atoms. The molecule has 0 atom stereocenters. The van der Waals surface area contributed by atoms with Crippen LogP contribution >= 0.6 is 0 Å². The van der Waals surface area contributed by atoms with Crippen molar-refractivity contribution in [3.05, 3.63) is 35.4 Å². The molecular formula is C17H24N2O2. The average Bonchev–Trinajstić information content (AvgIpc) is 2.97. The molecule has 1 saturated carbocycles. The van der Waals surface area contributed by atoms with Crippen molar-refractivity contribution in [1.29, 1.82) is 0 Å². The molecule has 0 aliphatic heterocycles. The third-order valence-corrected chi connectivity index (χ3v) is 3.75. The van der Waals surface area contributed by atoms with Crippen LogP contribution in [0.4, 0.5) is 0 Å². The van der Waals surface area contributed by atoms with Gasteiger partial charge in [0.1, 0.15) is 0 Å². The topological polar surface area (TPSA) is 58.2 Å². The summed E-state index contributed by atoms with van der Waals surface area (Å²) in [5.74, 6) is 0.197. The molecule has 0 aromatic heterocycles. The van der Waals surface area contributed by atoms with Gasteiger partial charge in [0.25, 0.3) is 11.8 Å². The lowest BCUT2D eigenvalue weighted by Gasteiger charge is -2.12. The van der Waals surface area contributed by atoms with Gasteiger partial charge in [-0.15, -0.1) is 0 Å². The summed E-state index contributed by atoms with van der Waals surface area (Å²) in [6, 6.07) is 7.20. The van der Waals surface area contributed by atoms with E-state index < -0.39 is 0 Å². The predicted octanol–water partition coefficient (Wildman–Crippen LogP) is 2.74. The van der Waals surface area contributed by atoms with Crippen LogP contribution < -0.4 is 10.6 Å². The zero-order valence-electron chi connectivity index (χ0n) is 12.8. The maximum absolute atomic E-state index is 12.2. The van der Waals surface area contributed by atoms with Crippen LogP contribution in [0.2, 0.25) is 0 Å². The monoisotopic (exact) mass is 288 g/mol. The summed E-state index contributed by atoms with van der Waals surface area (Å²) in [5, 5.41) is 5.91. The van der Waals surface area contributed by atoms with Gasteiger partial charge < -0.3 is 10.6 Å². The van der Waals surface area contributed by atoms with Gasteiger partial charge in [0.15, 0.2) is 0 Å². The van der Waals surface area contributed by atoms with Crippen LogP contribution in [0.3, 0.4) is 0 Å². The molecule has 4 nitrogen and oxygen atoms in total. The summed E-state index contributed by atoms with van der Waals surface area (Å²) in [6.45, 7) is 4.73. The van der Waals surface area contributed by atoms with Crippen LogP contribution in [-0.4, -0.2) is 24.4 Å². The molecule has 2 amide bonds. The minimum absolute atomic E-state index is 0.0830. The van der Waals surface area contributed by atoms with E-state index >= 15 is 0 Å². The molecule has 0 heterocycles. The van der Waals surface area contributed by atoms with Crippen molar-refractivity contribution < 1.29 is 9.59 Å². The quantitative estimate of drug-likeness (QED) is 0.875. The first-order valence-corrected chi connectivity index (χ1v) is 7.75. The van der Waals surface area contributed by atoms with Gasteiger partial charge in [0.05, 0.1) is 0 Å². The van der Waals surface area contributed by atoms with E-state index in [0.717, 1.165) is 12.8 Å². The second-order valence-corrected chi connectivity index (χ2v) is 6.14. The highest BCUT2D eigenvalue weighted by molar-refractivity contribution is 5.99. The van der Waals surface area contributed by atoms with Crippen LogP contribution in [0.1, 0.15) is 60.2 Å². The van der Waals surface area contributed by atoms with E-state index in [4.69, 9.17) is 0 Å². The van der Waals surface area contributed by atoms with Gasteiger partial charge in [-0.2, -0.15) is 0 Å². The zero-order valence-corrected chi connectivity index (χ0v) is 12.8. The maximum atomic E-state index is 12.2. The normalized spacial score (nSPS) is 15.2. The fourth-order valence-electron chi connectivity index (χ4n) is 2.54. The standard InChI is InChI=1S/C17H24N2O2/c1-12(2)11-18-16(20)13-6-5-7-14(10-13)17(21)19-15-8-3-4-9-15/h5-7,10,12,15H,3-4,8-9,11H2,1-2H3,(H,18,20)(H,19,21). The molecule has 1 aromatic carbocycles. The Hall–Kier alpha value is -1.84. The second kappa shape index (κ2) is 7.25. The summed E-state index contributed by atoms with van der Waals surface area (Å²) < 4.78 is 0. The number of nitrogens with one attached hydrogen (secondary N) is 2. The first-order chi connectivity index (χ1) is 10.1. The van der Waals surface area contributed by atoms with Gasteiger partial charge in [-0.1, -0.05) is 32.8 Å². The average molecular weight is 288 g/mol. The third-order valence-electron chi connectivity index (χ3n) is 3.75. The number of rotatable bonds is 5. The molecule has 21 heavy (non-hydrogen) atoms. The van der Waals surface area contributed by atoms with E-state index in [1.165, 1.54) is 12.8 Å². The SMILES string of the molecule is CC(C)CNC(=O)c1cccc(C(=O)NC2CCCC2)c1. The van der Waals surface area contributed by atoms with Crippen molar-refractivity contribution in [1.82, 2.24) is 10.6 Å². The Kier molecular flexibility index (Phi) is 5.37. The highest BCUT2D eigenvalue weighted by atomic mass is 16.2. The van der Waals surface area contributed by atoms with Gasteiger partial charge in [0, 0.05) is 23.7 Å². The predicted molar refractivity (Wildman–Crippen MR) is 83.3 cm³/mol. The fraction of sp³-hybridized carbons (Fsp3) is 0.529. The van der Waals surface area contributed by atoms with E-state index in [0.29, 0.717) is 23.6 Å². The van der Waals surface area contributed by atoms with Gasteiger partial charge >= 0.3 is 0 Å². The molecule has 0 radical (unpaired) electrons. The number of hydrogen-bond donors (Lipinski definition) is 2. The van der Waals surface area contributed by atoms with Gasteiger partial charge in [-0.25, -0.2) is 0 Å². The van der Waals surface area contributed by atoms with E-state index in [1.807, 2.05) is 13.8 Å². The Morgan fingerprint density at radius 2 is 1.76 bits per heavy atom. The molecule has 1 aliphatic carbocycles. The van der Waals surface area contributed by atoms with Gasteiger partial charge in [-0.05, 0) is 37.0 Å². The Morgan fingerprint density at radius 3 is 2.38 bits per heavy atom. The van der Waals surface area contributed by atoms with E-state index in [-0.39, 0.29) is 17.9 Å². The van der Waals surface area contributed by atoms with Crippen LogP contribution in [0.25, 0.3) is 0 Å². The summed E-state index contributed by atoms with van der Waals surface area (Å²) in [4.78, 5) is 24.2. The Labute approximate surface area is 126 Å². The molecule has 0 bridgehead atoms. The van der Waals surface area contributed by atoms with Crippen molar-refractivity contribution in [3.63, 3.8) is 0 Å². The highest BCUT2D eigenvalue weighted by Crippen LogP contribution is 2.18. The minimum Gasteiger partial charge on any atom is -0.352 e. The third kappa shape index (κ3) is 4.59. The molecule has 1 aromatic rings. The van der Waals surface area contributed by atoms with E-state index in [1.54, 1.807) is 24.3 Å². The van der Waals surface area contributed by atoms with Crippen molar-refractivity contribution >= 4 is 11.8 Å². The lowest BCUT2D eigenvalue weighted by atomic mass is 10.1. The Bertz CT molecular complexity index is 505. The highest BCUT2D eigenvalue weighted by Gasteiger charge is 2.18. The first kappa shape index (κ1) is 15.5. The molecule has 114 valence electrons. The molecule has 1 fully saturated rings. The van der Waals surface area contributed by atoms with Crippen LogP contribution in [0.15, 0.2) is 24.3 Å². The summed E-state index contributed by atoms with van der Waals surface area (Å²) >= 11 is 0. The summed E-state index contributed by atoms with van der Waals surface area (Å²) in [5.41, 5.74) is 1.09. The Balaban J connectivity index is 1.99. The lowest BCUT2D eigenvalue weighted by Crippen LogP contribution is -2.33. The van der Waals surface area contributed by atoms with Crippen molar-refractivity contribution in [2.45, 2.75) is 45.6 Å². The van der Waals surface area contributed by atoms with Crippen LogP contribution in [-0.2, 0) is 0 Å². The van der Waals surface area contributed by atoms with E-state index in [2.05, 4.69) is 10.6 Å². The lowest BCUT2D eigenvalue weighted by molar-refractivity contribution is 0.0938. The number of hydrogen-bond acceptors (Lipinski definition) is 2. The summed E-state index contributed by atoms with van der Waals surface area (Å²) in [7, 11) is 0.